The van der Waals surface area contributed by atoms with Crippen LogP contribution in [0.2, 0.25) is 0 Å². The van der Waals surface area contributed by atoms with Gasteiger partial charge >= 0.3 is 0 Å². The molecule has 0 bridgehead atoms. The van der Waals surface area contributed by atoms with Gasteiger partial charge in [-0.15, -0.1) is 0 Å². The first kappa shape index (κ1) is 32.2. The summed E-state index contributed by atoms with van der Waals surface area (Å²) in [5, 5.41) is 13.8. The first-order valence-electron chi connectivity index (χ1n) is 20.9. The third-order valence-corrected chi connectivity index (χ3v) is 13.8. The van der Waals surface area contributed by atoms with E-state index in [-0.39, 0.29) is 0 Å². The molecule has 0 saturated carbocycles. The van der Waals surface area contributed by atoms with E-state index in [0.717, 1.165) is 11.3 Å². The normalized spacial score (nSPS) is 15.1. The predicted octanol–water partition coefficient (Wildman–Crippen LogP) is 15.9. The number of fused-ring (bicyclic) bond motifs is 20. The zero-order chi connectivity index (χ0) is 39.1. The van der Waals surface area contributed by atoms with Crippen LogP contribution in [0, 0.1) is 0 Å². The highest BCUT2D eigenvalue weighted by atomic mass is 16.3. The van der Waals surface area contributed by atoms with Crippen molar-refractivity contribution >= 4 is 64.8 Å². The Morgan fingerprint density at radius 3 is 1.63 bits per heavy atom. The predicted molar refractivity (Wildman–Crippen MR) is 251 cm³/mol. The summed E-state index contributed by atoms with van der Waals surface area (Å²) in [5.74, 6) is 0.981. The molecule has 1 heterocycles. The number of rotatable bonds is 2. The molecule has 1 atom stereocenters. The van der Waals surface area contributed by atoms with Crippen LogP contribution >= 0.6 is 0 Å². The number of para-hydroxylation sites is 1. The van der Waals surface area contributed by atoms with E-state index in [1.165, 1.54) is 120 Å². The number of hydrogen-bond acceptors (Lipinski definition) is 1. The third-order valence-electron chi connectivity index (χ3n) is 13.8. The summed E-state index contributed by atoms with van der Waals surface area (Å²) in [7, 11) is 0. The zero-order valence-corrected chi connectivity index (χ0v) is 32.5. The summed E-state index contributed by atoms with van der Waals surface area (Å²) in [6.07, 6.45) is 0. The van der Waals surface area contributed by atoms with Gasteiger partial charge in [0.05, 0.1) is 5.41 Å². The standard InChI is InChI=1S/C59H34O/c1-2-15-37-31-38(26-25-35(37)13-1)48-33-50-44-20-8-6-18-42(44)49(34-51(50)43-19-7-5-17-41(43)48)39-27-29-45-54(32-39)59(53-30-28-36-14-3-4-16-40(36)56(45)53)52-23-11-9-21-46(52)58-57(59)47-22-10-12-24-55(47)60-58/h1-34H. The lowest BCUT2D eigenvalue weighted by molar-refractivity contribution is 0.628. The van der Waals surface area contributed by atoms with E-state index in [1.54, 1.807) is 0 Å². The summed E-state index contributed by atoms with van der Waals surface area (Å²) >= 11 is 0. The van der Waals surface area contributed by atoms with Gasteiger partial charge in [0, 0.05) is 16.5 Å². The zero-order valence-electron chi connectivity index (χ0n) is 32.5. The highest BCUT2D eigenvalue weighted by Crippen LogP contribution is 2.66. The topological polar surface area (TPSA) is 13.1 Å². The van der Waals surface area contributed by atoms with Gasteiger partial charge in [-0.2, -0.15) is 0 Å². The molecule has 1 nitrogen and oxygen atoms in total. The second-order valence-corrected chi connectivity index (χ2v) is 16.7. The molecule has 14 rings (SSSR count). The van der Waals surface area contributed by atoms with E-state index in [9.17, 15) is 0 Å². The molecule has 1 heteroatoms. The van der Waals surface area contributed by atoms with E-state index < -0.39 is 5.41 Å². The largest absolute Gasteiger partial charge is 0.456 e. The Hall–Kier alpha value is -7.74. The molecule has 0 N–H and O–H groups in total. The molecule has 0 aliphatic heterocycles. The molecular weight excluding hydrogens is 725 g/mol. The van der Waals surface area contributed by atoms with Crippen molar-refractivity contribution in [3.63, 3.8) is 0 Å². The molecule has 11 aromatic carbocycles. The second-order valence-electron chi connectivity index (χ2n) is 16.7. The van der Waals surface area contributed by atoms with E-state index in [4.69, 9.17) is 4.42 Å². The van der Waals surface area contributed by atoms with Crippen molar-refractivity contribution in [1.82, 2.24) is 0 Å². The fourth-order valence-electron chi connectivity index (χ4n) is 11.4. The average molecular weight is 759 g/mol. The number of benzene rings is 11. The fraction of sp³-hybridized carbons (Fsp3) is 0.0169. The van der Waals surface area contributed by atoms with Crippen molar-refractivity contribution < 1.29 is 4.42 Å². The minimum atomic E-state index is -0.558. The molecule has 0 radical (unpaired) electrons. The molecular formula is C59H34O. The summed E-state index contributed by atoms with van der Waals surface area (Å²) in [6.45, 7) is 0. The Morgan fingerprint density at radius 1 is 0.300 bits per heavy atom. The van der Waals surface area contributed by atoms with Crippen LogP contribution in [-0.2, 0) is 5.41 Å². The molecule has 1 aromatic heterocycles. The highest BCUT2D eigenvalue weighted by molar-refractivity contribution is 6.24. The second kappa shape index (κ2) is 11.7. The quantitative estimate of drug-likeness (QED) is 0.160. The molecule has 1 unspecified atom stereocenters. The van der Waals surface area contributed by atoms with Crippen molar-refractivity contribution in [2.75, 3.05) is 0 Å². The van der Waals surface area contributed by atoms with E-state index in [1.807, 2.05) is 0 Å². The van der Waals surface area contributed by atoms with E-state index in [2.05, 4.69) is 206 Å². The van der Waals surface area contributed by atoms with Crippen LogP contribution < -0.4 is 0 Å². The summed E-state index contributed by atoms with van der Waals surface area (Å²) in [6, 6.07) is 76.8. The highest BCUT2D eigenvalue weighted by Gasteiger charge is 2.54. The molecule has 2 aliphatic rings. The molecule has 60 heavy (non-hydrogen) atoms. The van der Waals surface area contributed by atoms with E-state index in [0.29, 0.717) is 0 Å². The van der Waals surface area contributed by atoms with Crippen molar-refractivity contribution in [3.8, 4) is 44.7 Å². The van der Waals surface area contributed by atoms with Crippen molar-refractivity contribution in [2.45, 2.75) is 5.41 Å². The monoisotopic (exact) mass is 758 g/mol. The van der Waals surface area contributed by atoms with Crippen LogP contribution in [0.15, 0.2) is 211 Å². The lowest BCUT2D eigenvalue weighted by Crippen LogP contribution is -2.25. The van der Waals surface area contributed by atoms with Crippen LogP contribution in [0.3, 0.4) is 0 Å². The summed E-state index contributed by atoms with van der Waals surface area (Å²) in [5.41, 5.74) is 14.3. The maximum absolute atomic E-state index is 6.87. The van der Waals surface area contributed by atoms with Gasteiger partial charge in [0.25, 0.3) is 0 Å². The van der Waals surface area contributed by atoms with Crippen LogP contribution in [0.5, 0.6) is 0 Å². The van der Waals surface area contributed by atoms with Gasteiger partial charge in [-0.1, -0.05) is 176 Å². The molecule has 0 fully saturated rings. The summed E-state index contributed by atoms with van der Waals surface area (Å²) < 4.78 is 6.87. The lowest BCUT2D eigenvalue weighted by atomic mass is 9.69. The lowest BCUT2D eigenvalue weighted by Gasteiger charge is -2.30. The van der Waals surface area contributed by atoms with Crippen molar-refractivity contribution in [3.05, 3.63) is 229 Å². The smallest absolute Gasteiger partial charge is 0.140 e. The Kier molecular flexibility index (Phi) is 6.28. The van der Waals surface area contributed by atoms with Crippen LogP contribution in [0.25, 0.3) is 110 Å². The van der Waals surface area contributed by atoms with Gasteiger partial charge in [-0.05, 0) is 134 Å². The SMILES string of the molecule is c1ccc2c(c1)-c1oc3ccccc3c1C21c2cc(-c3cc4c5ccccc5c(-c5ccc6ccccc6c5)cc4c4ccccc34)ccc2-c2c1ccc1ccccc21. The fourth-order valence-corrected chi connectivity index (χ4v) is 11.4. The maximum atomic E-state index is 6.87. The molecule has 2 aliphatic carbocycles. The molecule has 276 valence electrons. The van der Waals surface area contributed by atoms with Gasteiger partial charge < -0.3 is 4.42 Å². The minimum absolute atomic E-state index is 0.558. The maximum Gasteiger partial charge on any atom is 0.140 e. The number of furan rings is 1. The van der Waals surface area contributed by atoms with E-state index >= 15 is 0 Å². The van der Waals surface area contributed by atoms with Gasteiger partial charge in [0.15, 0.2) is 0 Å². The number of hydrogen-bond donors (Lipinski definition) is 0. The minimum Gasteiger partial charge on any atom is -0.456 e. The first-order valence-corrected chi connectivity index (χ1v) is 20.9. The first-order chi connectivity index (χ1) is 29.8. The van der Waals surface area contributed by atoms with Crippen molar-refractivity contribution in [2.24, 2.45) is 0 Å². The Morgan fingerprint density at radius 2 is 0.867 bits per heavy atom. The van der Waals surface area contributed by atoms with Gasteiger partial charge in [0.1, 0.15) is 11.3 Å². The molecule has 0 amide bonds. The third kappa shape index (κ3) is 4.06. The van der Waals surface area contributed by atoms with Gasteiger partial charge in [0.2, 0.25) is 0 Å². The Labute approximate surface area is 346 Å². The van der Waals surface area contributed by atoms with Gasteiger partial charge in [-0.3, -0.25) is 0 Å². The van der Waals surface area contributed by atoms with Crippen LogP contribution in [0.1, 0.15) is 22.3 Å². The Balaban J connectivity index is 1.08. The molecule has 0 saturated heterocycles. The average Bonchev–Trinajstić information content (AvgIpc) is 3.94. The van der Waals surface area contributed by atoms with Crippen LogP contribution in [0.4, 0.5) is 0 Å². The van der Waals surface area contributed by atoms with Crippen molar-refractivity contribution in [1.29, 1.82) is 0 Å². The molecule has 12 aromatic rings. The Bertz CT molecular complexity index is 3840. The van der Waals surface area contributed by atoms with Crippen LogP contribution in [-0.4, -0.2) is 0 Å². The van der Waals surface area contributed by atoms with Gasteiger partial charge in [-0.25, -0.2) is 0 Å². The summed E-state index contributed by atoms with van der Waals surface area (Å²) in [4.78, 5) is 0. The molecule has 1 spiro atoms.